The van der Waals surface area contributed by atoms with E-state index in [2.05, 4.69) is 5.32 Å². The third kappa shape index (κ3) is 3.46. The van der Waals surface area contributed by atoms with E-state index in [1.54, 1.807) is 24.3 Å². The summed E-state index contributed by atoms with van der Waals surface area (Å²) in [6.07, 6.45) is 2.02. The fourth-order valence-corrected chi connectivity index (χ4v) is 2.23. The van der Waals surface area contributed by atoms with Gasteiger partial charge in [-0.2, -0.15) is 0 Å². The highest BCUT2D eigenvalue weighted by molar-refractivity contribution is 6.34. The first-order chi connectivity index (χ1) is 9.61. The molecule has 1 N–H and O–H groups in total. The van der Waals surface area contributed by atoms with Crippen molar-refractivity contribution in [1.82, 2.24) is 5.32 Å². The van der Waals surface area contributed by atoms with E-state index in [0.29, 0.717) is 28.8 Å². The molecule has 1 aromatic carbocycles. The van der Waals surface area contributed by atoms with Crippen molar-refractivity contribution in [2.45, 2.75) is 6.42 Å². The van der Waals surface area contributed by atoms with Gasteiger partial charge in [0.05, 0.1) is 18.4 Å². The minimum absolute atomic E-state index is 0.259. The molecule has 0 aliphatic heterocycles. The molecule has 0 radical (unpaired) electrons. The van der Waals surface area contributed by atoms with Gasteiger partial charge in [-0.05, 0) is 30.2 Å². The van der Waals surface area contributed by atoms with Crippen LogP contribution in [0.1, 0.15) is 16.1 Å². The van der Waals surface area contributed by atoms with Gasteiger partial charge in [-0.25, -0.2) is 0 Å². The van der Waals surface area contributed by atoms with Gasteiger partial charge in [-0.15, -0.1) is 0 Å². The molecule has 2 aromatic rings. The second-order valence-electron chi connectivity index (χ2n) is 4.06. The molecule has 2 rings (SSSR count). The van der Waals surface area contributed by atoms with E-state index in [-0.39, 0.29) is 11.7 Å². The Morgan fingerprint density at radius 1 is 1.35 bits per heavy atom. The summed E-state index contributed by atoms with van der Waals surface area (Å²) in [5.74, 6) is 0.551. The van der Waals surface area contributed by atoms with E-state index in [9.17, 15) is 4.79 Å². The van der Waals surface area contributed by atoms with E-state index in [1.165, 1.54) is 13.4 Å². The number of hydrogen-bond acceptors (Lipinski definition) is 3. The lowest BCUT2D eigenvalue weighted by Crippen LogP contribution is -2.25. The number of hydrogen-bond donors (Lipinski definition) is 1. The molecule has 0 saturated carbocycles. The molecule has 0 fully saturated rings. The van der Waals surface area contributed by atoms with Crippen LogP contribution in [0.25, 0.3) is 0 Å². The number of methoxy groups -OCH3 is 1. The maximum Gasteiger partial charge on any atom is 0.286 e. The largest absolute Gasteiger partial charge is 0.495 e. The molecule has 0 atom stereocenters. The minimum atomic E-state index is -0.259. The molecule has 0 spiro atoms. The molecule has 1 aromatic heterocycles. The van der Waals surface area contributed by atoms with Crippen molar-refractivity contribution < 1.29 is 13.9 Å². The van der Waals surface area contributed by atoms with Crippen LogP contribution < -0.4 is 10.1 Å². The average Bonchev–Trinajstić information content (AvgIpc) is 2.96. The van der Waals surface area contributed by atoms with Crippen LogP contribution in [0.5, 0.6) is 5.75 Å². The molecule has 0 bridgehead atoms. The molecule has 0 unspecified atom stereocenters. The van der Waals surface area contributed by atoms with Gasteiger partial charge in [0.15, 0.2) is 5.76 Å². The highest BCUT2D eigenvalue weighted by Crippen LogP contribution is 2.31. The zero-order chi connectivity index (χ0) is 14.5. The van der Waals surface area contributed by atoms with Crippen molar-refractivity contribution >= 4 is 29.1 Å². The molecule has 4 nitrogen and oxygen atoms in total. The normalized spacial score (nSPS) is 10.3. The van der Waals surface area contributed by atoms with E-state index < -0.39 is 0 Å². The van der Waals surface area contributed by atoms with Crippen LogP contribution in [0, 0.1) is 0 Å². The Hall–Kier alpha value is -1.65. The Labute approximate surface area is 126 Å². The van der Waals surface area contributed by atoms with Crippen LogP contribution in [0.3, 0.4) is 0 Å². The maximum atomic E-state index is 11.7. The number of ether oxygens (including phenoxy) is 1. The number of carbonyl (C=O) groups excluding carboxylic acids is 1. The molecule has 1 amide bonds. The summed E-state index contributed by atoms with van der Waals surface area (Å²) < 4.78 is 10.1. The van der Waals surface area contributed by atoms with Gasteiger partial charge in [0.2, 0.25) is 0 Å². The fourth-order valence-electron chi connectivity index (χ4n) is 1.72. The van der Waals surface area contributed by atoms with E-state index in [4.69, 9.17) is 32.4 Å². The number of furan rings is 1. The van der Waals surface area contributed by atoms with Crippen LogP contribution in [-0.2, 0) is 6.42 Å². The van der Waals surface area contributed by atoms with Crippen molar-refractivity contribution in [3.05, 3.63) is 51.9 Å². The van der Waals surface area contributed by atoms with Crippen LogP contribution in [0.4, 0.5) is 0 Å². The Balaban J connectivity index is 1.94. The Morgan fingerprint density at radius 3 is 2.80 bits per heavy atom. The average molecular weight is 314 g/mol. The molecule has 0 aliphatic carbocycles. The monoisotopic (exact) mass is 313 g/mol. The number of rotatable bonds is 5. The fraction of sp³-hybridized carbons (Fsp3) is 0.214. The third-order valence-electron chi connectivity index (χ3n) is 2.75. The second kappa shape index (κ2) is 6.68. The third-order valence-corrected chi connectivity index (χ3v) is 3.39. The molecule has 0 saturated heterocycles. The Bertz CT molecular complexity index is 597. The molecular weight excluding hydrogens is 301 g/mol. The topological polar surface area (TPSA) is 51.5 Å². The standard InChI is InChI=1S/C14H13Cl2NO3/c1-19-13-8-10(15)9(7-11(13)16)4-5-17-14(18)12-3-2-6-20-12/h2-3,6-8H,4-5H2,1H3,(H,17,18). The number of carbonyl (C=O) groups is 1. The number of nitrogens with one attached hydrogen (secondary N) is 1. The van der Waals surface area contributed by atoms with Gasteiger partial charge >= 0.3 is 0 Å². The quantitative estimate of drug-likeness (QED) is 0.918. The molecule has 106 valence electrons. The first kappa shape index (κ1) is 14.8. The zero-order valence-electron chi connectivity index (χ0n) is 10.8. The van der Waals surface area contributed by atoms with Gasteiger partial charge < -0.3 is 14.5 Å². The van der Waals surface area contributed by atoms with Crippen molar-refractivity contribution in [1.29, 1.82) is 0 Å². The summed E-state index contributed by atoms with van der Waals surface area (Å²) in [6, 6.07) is 6.66. The van der Waals surface area contributed by atoms with Crippen LogP contribution in [0.15, 0.2) is 34.9 Å². The van der Waals surface area contributed by atoms with Crippen molar-refractivity contribution in [3.63, 3.8) is 0 Å². The van der Waals surface area contributed by atoms with Crippen molar-refractivity contribution in [2.75, 3.05) is 13.7 Å². The Morgan fingerprint density at radius 2 is 2.15 bits per heavy atom. The molecule has 1 heterocycles. The predicted molar refractivity (Wildman–Crippen MR) is 77.8 cm³/mol. The van der Waals surface area contributed by atoms with Crippen LogP contribution >= 0.6 is 23.2 Å². The maximum absolute atomic E-state index is 11.7. The molecular formula is C14H13Cl2NO3. The summed E-state index contributed by atoms with van der Waals surface area (Å²) in [6.45, 7) is 0.432. The zero-order valence-corrected chi connectivity index (χ0v) is 12.3. The van der Waals surface area contributed by atoms with Crippen molar-refractivity contribution in [3.8, 4) is 5.75 Å². The number of benzene rings is 1. The lowest BCUT2D eigenvalue weighted by Gasteiger charge is -2.09. The first-order valence-corrected chi connectivity index (χ1v) is 6.71. The SMILES string of the molecule is COc1cc(Cl)c(CCNC(=O)c2ccco2)cc1Cl. The van der Waals surface area contributed by atoms with Crippen LogP contribution in [-0.4, -0.2) is 19.6 Å². The first-order valence-electron chi connectivity index (χ1n) is 5.95. The summed E-state index contributed by atoms with van der Waals surface area (Å²) in [5.41, 5.74) is 0.845. The summed E-state index contributed by atoms with van der Waals surface area (Å²) in [4.78, 5) is 11.7. The van der Waals surface area contributed by atoms with Gasteiger partial charge in [0, 0.05) is 17.6 Å². The van der Waals surface area contributed by atoms with Gasteiger partial charge in [-0.3, -0.25) is 4.79 Å². The summed E-state index contributed by atoms with van der Waals surface area (Å²) >= 11 is 12.2. The molecule has 20 heavy (non-hydrogen) atoms. The van der Waals surface area contributed by atoms with Gasteiger partial charge in [0.25, 0.3) is 5.91 Å². The number of halogens is 2. The van der Waals surface area contributed by atoms with Crippen molar-refractivity contribution in [2.24, 2.45) is 0 Å². The van der Waals surface area contributed by atoms with E-state index in [0.717, 1.165) is 5.56 Å². The van der Waals surface area contributed by atoms with E-state index >= 15 is 0 Å². The highest BCUT2D eigenvalue weighted by Gasteiger charge is 2.10. The summed E-state index contributed by atoms with van der Waals surface area (Å²) in [7, 11) is 1.53. The minimum Gasteiger partial charge on any atom is -0.495 e. The van der Waals surface area contributed by atoms with Gasteiger partial charge in [0.1, 0.15) is 5.75 Å². The highest BCUT2D eigenvalue weighted by atomic mass is 35.5. The van der Waals surface area contributed by atoms with Gasteiger partial charge in [-0.1, -0.05) is 23.2 Å². The molecule has 0 aliphatic rings. The summed E-state index contributed by atoms with van der Waals surface area (Å²) in [5, 5.41) is 3.79. The lowest BCUT2D eigenvalue weighted by atomic mass is 10.1. The molecule has 6 heteroatoms. The van der Waals surface area contributed by atoms with Crippen LogP contribution in [0.2, 0.25) is 10.0 Å². The van der Waals surface area contributed by atoms with E-state index in [1.807, 2.05) is 0 Å². The Kier molecular flexibility index (Phi) is 4.93. The second-order valence-corrected chi connectivity index (χ2v) is 4.88. The number of amides is 1. The lowest BCUT2D eigenvalue weighted by molar-refractivity contribution is 0.0926. The predicted octanol–water partition coefficient (Wildman–Crippen LogP) is 3.57. The smallest absolute Gasteiger partial charge is 0.286 e.